The number of aliphatic carboxylic acids is 1. The van der Waals surface area contributed by atoms with Crippen molar-refractivity contribution in [3.8, 4) is 11.3 Å². The van der Waals surface area contributed by atoms with Gasteiger partial charge in [-0.1, -0.05) is 52.7 Å². The molecule has 1 aliphatic rings. The number of thiocarbonyl (C=S) groups is 1. The monoisotopic (exact) mass is 391 g/mol. The molecule has 3 rings (SSSR count). The molecular formula is C16H13N3O3S3. The van der Waals surface area contributed by atoms with Gasteiger partial charge in [-0.2, -0.15) is 0 Å². The molecule has 1 aliphatic heterocycles. The van der Waals surface area contributed by atoms with E-state index >= 15 is 0 Å². The van der Waals surface area contributed by atoms with E-state index in [4.69, 9.17) is 17.3 Å². The minimum atomic E-state index is -0.878. The Balaban J connectivity index is 1.70. The number of hydrogen-bond donors (Lipinski definition) is 1. The van der Waals surface area contributed by atoms with Crippen LogP contribution in [-0.2, 0) is 9.59 Å². The molecule has 0 radical (unpaired) electrons. The second-order valence-corrected chi connectivity index (χ2v) is 7.53. The molecule has 128 valence electrons. The van der Waals surface area contributed by atoms with Gasteiger partial charge in [0.05, 0.1) is 4.91 Å². The quantitative estimate of drug-likeness (QED) is 0.598. The highest BCUT2D eigenvalue weighted by Crippen LogP contribution is 2.33. The van der Waals surface area contributed by atoms with Crippen LogP contribution in [0.4, 0.5) is 0 Å². The van der Waals surface area contributed by atoms with Crippen LogP contribution in [0.25, 0.3) is 17.3 Å². The molecule has 1 amide bonds. The highest BCUT2D eigenvalue weighted by atomic mass is 32.2. The van der Waals surface area contributed by atoms with Crippen LogP contribution in [0.15, 0.2) is 34.6 Å². The number of carbonyl (C=O) groups excluding carboxylic acids is 1. The number of benzene rings is 1. The van der Waals surface area contributed by atoms with Gasteiger partial charge in [0.15, 0.2) is 0 Å². The standard InChI is InChI=1S/C16H13N3O3S3/c20-14(21)2-1-7-19-15(22)13(25-16(19)23)8-10-3-5-11(6-4-10)12-9-24-18-17-12/h3-6,8-9H,1-2,7H2,(H,20,21). The molecule has 0 bridgehead atoms. The molecule has 25 heavy (non-hydrogen) atoms. The van der Waals surface area contributed by atoms with Gasteiger partial charge >= 0.3 is 5.97 Å². The fourth-order valence-electron chi connectivity index (χ4n) is 2.27. The Labute approximate surface area is 157 Å². The van der Waals surface area contributed by atoms with E-state index in [1.807, 2.05) is 29.6 Å². The maximum Gasteiger partial charge on any atom is 0.303 e. The smallest absolute Gasteiger partial charge is 0.303 e. The summed E-state index contributed by atoms with van der Waals surface area (Å²) in [4.78, 5) is 25.0. The predicted molar refractivity (Wildman–Crippen MR) is 102 cm³/mol. The third kappa shape index (κ3) is 4.30. The first kappa shape index (κ1) is 17.7. The number of carbonyl (C=O) groups is 2. The Morgan fingerprint density at radius 1 is 1.32 bits per heavy atom. The molecule has 1 aromatic heterocycles. The number of aromatic nitrogens is 2. The van der Waals surface area contributed by atoms with Gasteiger partial charge < -0.3 is 5.11 Å². The highest BCUT2D eigenvalue weighted by molar-refractivity contribution is 8.26. The van der Waals surface area contributed by atoms with Crippen molar-refractivity contribution in [3.63, 3.8) is 0 Å². The molecule has 2 heterocycles. The lowest BCUT2D eigenvalue weighted by Crippen LogP contribution is -2.29. The first-order chi connectivity index (χ1) is 12.0. The first-order valence-corrected chi connectivity index (χ1v) is 9.45. The molecule has 0 aliphatic carbocycles. The summed E-state index contributed by atoms with van der Waals surface area (Å²) < 4.78 is 4.31. The molecule has 0 atom stereocenters. The third-order valence-corrected chi connectivity index (χ3v) is 5.39. The maximum absolute atomic E-state index is 12.4. The zero-order valence-electron chi connectivity index (χ0n) is 12.9. The van der Waals surface area contributed by atoms with Crippen LogP contribution in [-0.4, -0.2) is 42.3 Å². The second-order valence-electron chi connectivity index (χ2n) is 5.24. The highest BCUT2D eigenvalue weighted by Gasteiger charge is 2.31. The number of nitrogens with zero attached hydrogens (tertiary/aromatic N) is 3. The van der Waals surface area contributed by atoms with Gasteiger partial charge in [-0.05, 0) is 29.6 Å². The first-order valence-electron chi connectivity index (χ1n) is 7.39. The average molecular weight is 391 g/mol. The Morgan fingerprint density at radius 2 is 2.08 bits per heavy atom. The van der Waals surface area contributed by atoms with E-state index in [0.717, 1.165) is 16.8 Å². The molecule has 9 heteroatoms. The van der Waals surface area contributed by atoms with E-state index in [2.05, 4.69) is 9.59 Å². The van der Waals surface area contributed by atoms with Gasteiger partial charge in [0.2, 0.25) is 0 Å². The summed E-state index contributed by atoms with van der Waals surface area (Å²) in [5.41, 5.74) is 2.67. The maximum atomic E-state index is 12.4. The van der Waals surface area contributed by atoms with Gasteiger partial charge in [0.25, 0.3) is 5.91 Å². The van der Waals surface area contributed by atoms with E-state index in [-0.39, 0.29) is 12.3 Å². The molecule has 1 aromatic carbocycles. The fourth-order valence-corrected chi connectivity index (χ4v) is 4.05. The zero-order chi connectivity index (χ0) is 17.8. The Bertz CT molecular complexity index is 832. The number of thioether (sulfide) groups is 1. The third-order valence-electron chi connectivity index (χ3n) is 3.51. The van der Waals surface area contributed by atoms with Crippen molar-refractivity contribution in [1.82, 2.24) is 14.5 Å². The lowest BCUT2D eigenvalue weighted by molar-refractivity contribution is -0.137. The number of carboxylic acid groups (broad SMARTS) is 1. The Morgan fingerprint density at radius 3 is 2.72 bits per heavy atom. The molecule has 0 spiro atoms. The molecule has 1 fully saturated rings. The van der Waals surface area contributed by atoms with Crippen molar-refractivity contribution >= 4 is 57.8 Å². The van der Waals surface area contributed by atoms with E-state index in [9.17, 15) is 9.59 Å². The van der Waals surface area contributed by atoms with Crippen LogP contribution in [0, 0.1) is 0 Å². The summed E-state index contributed by atoms with van der Waals surface area (Å²) in [5, 5.41) is 14.6. The van der Waals surface area contributed by atoms with Crippen molar-refractivity contribution in [2.24, 2.45) is 0 Å². The zero-order valence-corrected chi connectivity index (χ0v) is 15.4. The Hall–Kier alpha value is -2.10. The van der Waals surface area contributed by atoms with Crippen molar-refractivity contribution in [2.45, 2.75) is 12.8 Å². The molecule has 1 saturated heterocycles. The van der Waals surface area contributed by atoms with E-state index in [1.54, 1.807) is 6.08 Å². The lowest BCUT2D eigenvalue weighted by atomic mass is 10.1. The second kappa shape index (κ2) is 7.85. The summed E-state index contributed by atoms with van der Waals surface area (Å²) in [5.74, 6) is -1.05. The minimum Gasteiger partial charge on any atom is -0.481 e. The van der Waals surface area contributed by atoms with Gasteiger partial charge in [-0.15, -0.1) is 5.10 Å². The Kier molecular flexibility index (Phi) is 5.57. The van der Waals surface area contributed by atoms with Crippen molar-refractivity contribution < 1.29 is 14.7 Å². The van der Waals surface area contributed by atoms with Crippen LogP contribution in [0.1, 0.15) is 18.4 Å². The number of hydrogen-bond acceptors (Lipinski definition) is 7. The number of rotatable bonds is 6. The number of carboxylic acids is 1. The van der Waals surface area contributed by atoms with Crippen molar-refractivity contribution in [2.75, 3.05) is 6.54 Å². The van der Waals surface area contributed by atoms with Crippen molar-refractivity contribution in [1.29, 1.82) is 0 Å². The number of amides is 1. The van der Waals surface area contributed by atoms with Gasteiger partial charge in [0.1, 0.15) is 10.0 Å². The van der Waals surface area contributed by atoms with Gasteiger partial charge in [0, 0.05) is 23.9 Å². The molecule has 1 N–H and O–H groups in total. The summed E-state index contributed by atoms with van der Waals surface area (Å²) >= 11 is 7.76. The summed E-state index contributed by atoms with van der Waals surface area (Å²) in [7, 11) is 0. The molecule has 0 saturated carbocycles. The van der Waals surface area contributed by atoms with E-state index in [1.165, 1.54) is 28.2 Å². The fraction of sp³-hybridized carbons (Fsp3) is 0.188. The van der Waals surface area contributed by atoms with Crippen LogP contribution >= 0.6 is 35.5 Å². The normalized spacial score (nSPS) is 16.0. The van der Waals surface area contributed by atoms with E-state index in [0.29, 0.717) is 22.2 Å². The summed E-state index contributed by atoms with van der Waals surface area (Å²) in [6, 6.07) is 7.67. The largest absolute Gasteiger partial charge is 0.481 e. The van der Waals surface area contributed by atoms with Crippen LogP contribution < -0.4 is 0 Å². The van der Waals surface area contributed by atoms with E-state index < -0.39 is 5.97 Å². The molecule has 0 unspecified atom stereocenters. The van der Waals surface area contributed by atoms with Gasteiger partial charge in [-0.25, -0.2) is 0 Å². The molecular weight excluding hydrogens is 378 g/mol. The molecule has 6 nitrogen and oxygen atoms in total. The predicted octanol–water partition coefficient (Wildman–Crippen LogP) is 3.27. The van der Waals surface area contributed by atoms with Crippen LogP contribution in [0.3, 0.4) is 0 Å². The summed E-state index contributed by atoms with van der Waals surface area (Å²) in [6.07, 6.45) is 2.19. The SMILES string of the molecule is O=C(O)CCCN1C(=O)C(=Cc2ccc(-c3csnn3)cc2)SC1=S. The van der Waals surface area contributed by atoms with Crippen molar-refractivity contribution in [3.05, 3.63) is 40.1 Å². The van der Waals surface area contributed by atoms with Crippen LogP contribution in [0.2, 0.25) is 0 Å². The molecule has 2 aromatic rings. The average Bonchev–Trinajstić information content (AvgIpc) is 3.20. The minimum absolute atomic E-state index is 0.0169. The lowest BCUT2D eigenvalue weighted by Gasteiger charge is -2.13. The summed E-state index contributed by atoms with van der Waals surface area (Å²) in [6.45, 7) is 0.323. The van der Waals surface area contributed by atoms with Gasteiger partial charge in [-0.3, -0.25) is 14.5 Å². The van der Waals surface area contributed by atoms with Crippen LogP contribution in [0.5, 0.6) is 0 Å². The topological polar surface area (TPSA) is 83.4 Å².